The van der Waals surface area contributed by atoms with E-state index in [-0.39, 0.29) is 0 Å². The van der Waals surface area contributed by atoms with Gasteiger partial charge < -0.3 is 19.9 Å². The molecule has 0 spiro atoms. The van der Waals surface area contributed by atoms with E-state index in [0.717, 1.165) is 19.2 Å². The van der Waals surface area contributed by atoms with Crippen molar-refractivity contribution in [1.82, 2.24) is 15.1 Å². The average molecular weight is 229 g/mol. The van der Waals surface area contributed by atoms with Crippen LogP contribution in [-0.4, -0.2) is 76.4 Å². The molecule has 1 heterocycles. The largest absolute Gasteiger partial charge is 0.383 e. The van der Waals surface area contributed by atoms with Crippen LogP contribution in [0.15, 0.2) is 0 Å². The Balaban J connectivity index is 2.30. The highest BCUT2D eigenvalue weighted by Crippen LogP contribution is 2.14. The number of likely N-dealkylation sites (N-methyl/N-ethyl adjacent to an activating group) is 2. The lowest BCUT2D eigenvalue weighted by Gasteiger charge is -2.36. The summed E-state index contributed by atoms with van der Waals surface area (Å²) in [6.07, 6.45) is 2.58. The van der Waals surface area contributed by atoms with Crippen LogP contribution in [0.5, 0.6) is 0 Å². The zero-order chi connectivity index (χ0) is 12.0. The number of rotatable bonds is 6. The second-order valence-electron chi connectivity index (χ2n) is 4.91. The molecule has 4 nitrogen and oxygen atoms in total. The van der Waals surface area contributed by atoms with Crippen molar-refractivity contribution in [3.8, 4) is 0 Å². The molecule has 0 saturated carbocycles. The van der Waals surface area contributed by atoms with Crippen LogP contribution in [0.4, 0.5) is 0 Å². The monoisotopic (exact) mass is 229 g/mol. The van der Waals surface area contributed by atoms with E-state index < -0.39 is 0 Å². The lowest BCUT2D eigenvalue weighted by molar-refractivity contribution is 0.107. The predicted molar refractivity (Wildman–Crippen MR) is 67.9 cm³/mol. The van der Waals surface area contributed by atoms with Crippen molar-refractivity contribution < 1.29 is 4.74 Å². The highest BCUT2D eigenvalue weighted by Gasteiger charge is 2.22. The molecule has 1 fully saturated rings. The van der Waals surface area contributed by atoms with Crippen LogP contribution in [0.2, 0.25) is 0 Å². The van der Waals surface area contributed by atoms with Gasteiger partial charge in [-0.1, -0.05) is 0 Å². The van der Waals surface area contributed by atoms with Crippen molar-refractivity contribution in [1.29, 1.82) is 0 Å². The molecule has 0 radical (unpaired) electrons. The second kappa shape index (κ2) is 7.22. The van der Waals surface area contributed by atoms with Crippen LogP contribution >= 0.6 is 0 Å². The molecule has 1 atom stereocenters. The Morgan fingerprint density at radius 3 is 2.56 bits per heavy atom. The molecule has 4 heteroatoms. The van der Waals surface area contributed by atoms with E-state index in [1.165, 1.54) is 25.9 Å². The number of hydrogen-bond donors (Lipinski definition) is 1. The van der Waals surface area contributed by atoms with Crippen molar-refractivity contribution in [3.63, 3.8) is 0 Å². The Labute approximate surface area is 99.9 Å². The van der Waals surface area contributed by atoms with Crippen LogP contribution in [-0.2, 0) is 4.74 Å². The molecule has 96 valence electrons. The van der Waals surface area contributed by atoms with Crippen LogP contribution in [0.3, 0.4) is 0 Å². The second-order valence-corrected chi connectivity index (χ2v) is 4.91. The maximum absolute atomic E-state index is 5.20. The van der Waals surface area contributed by atoms with Gasteiger partial charge in [-0.25, -0.2) is 0 Å². The van der Waals surface area contributed by atoms with Crippen molar-refractivity contribution >= 4 is 0 Å². The molecule has 1 unspecified atom stereocenters. The van der Waals surface area contributed by atoms with E-state index in [0.29, 0.717) is 6.04 Å². The smallest absolute Gasteiger partial charge is 0.0628 e. The van der Waals surface area contributed by atoms with Gasteiger partial charge in [-0.3, -0.25) is 0 Å². The Kier molecular flexibility index (Phi) is 6.28. The van der Waals surface area contributed by atoms with Crippen molar-refractivity contribution in [2.75, 3.05) is 54.5 Å². The molecule has 1 aliphatic heterocycles. The third kappa shape index (κ3) is 4.37. The Bertz CT molecular complexity index is 181. The standard InChI is InChI=1S/C12H27N3O/c1-13-11(10-16-4)9-15(3)12-5-7-14(2)8-6-12/h11-13H,5-10H2,1-4H3. The van der Waals surface area contributed by atoms with E-state index in [1.807, 2.05) is 7.05 Å². The minimum Gasteiger partial charge on any atom is -0.383 e. The molecular formula is C12H27N3O. The first kappa shape index (κ1) is 13.9. The third-order valence-corrected chi connectivity index (χ3v) is 3.60. The van der Waals surface area contributed by atoms with E-state index in [9.17, 15) is 0 Å². The van der Waals surface area contributed by atoms with E-state index in [1.54, 1.807) is 7.11 Å². The van der Waals surface area contributed by atoms with Gasteiger partial charge in [0.1, 0.15) is 0 Å². The Hall–Kier alpha value is -0.160. The molecule has 1 rings (SSSR count). The summed E-state index contributed by atoms with van der Waals surface area (Å²) in [5, 5.41) is 3.30. The molecule has 0 aromatic rings. The minimum absolute atomic E-state index is 0.439. The summed E-state index contributed by atoms with van der Waals surface area (Å²) >= 11 is 0. The van der Waals surface area contributed by atoms with Gasteiger partial charge in [0, 0.05) is 25.7 Å². The fourth-order valence-corrected chi connectivity index (χ4v) is 2.36. The summed E-state index contributed by atoms with van der Waals surface area (Å²) < 4.78 is 5.20. The number of piperidine rings is 1. The topological polar surface area (TPSA) is 27.7 Å². The van der Waals surface area contributed by atoms with Gasteiger partial charge in [0.25, 0.3) is 0 Å². The summed E-state index contributed by atoms with van der Waals surface area (Å²) in [5.74, 6) is 0. The number of ether oxygens (including phenoxy) is 1. The fraction of sp³-hybridized carbons (Fsp3) is 1.00. The van der Waals surface area contributed by atoms with E-state index in [4.69, 9.17) is 4.74 Å². The molecular weight excluding hydrogens is 202 g/mol. The van der Waals surface area contributed by atoms with Gasteiger partial charge in [-0.15, -0.1) is 0 Å². The fourth-order valence-electron chi connectivity index (χ4n) is 2.36. The lowest BCUT2D eigenvalue weighted by atomic mass is 10.0. The minimum atomic E-state index is 0.439. The van der Waals surface area contributed by atoms with Crippen molar-refractivity contribution in [2.45, 2.75) is 24.9 Å². The molecule has 0 aromatic carbocycles. The first-order chi connectivity index (χ1) is 7.67. The van der Waals surface area contributed by atoms with Gasteiger partial charge in [-0.05, 0) is 47.1 Å². The molecule has 1 saturated heterocycles. The Morgan fingerprint density at radius 1 is 1.44 bits per heavy atom. The third-order valence-electron chi connectivity index (χ3n) is 3.60. The van der Waals surface area contributed by atoms with Crippen LogP contribution < -0.4 is 5.32 Å². The number of methoxy groups -OCH3 is 1. The maximum Gasteiger partial charge on any atom is 0.0628 e. The van der Waals surface area contributed by atoms with E-state index >= 15 is 0 Å². The van der Waals surface area contributed by atoms with Crippen LogP contribution in [0, 0.1) is 0 Å². The van der Waals surface area contributed by atoms with Crippen LogP contribution in [0.25, 0.3) is 0 Å². The maximum atomic E-state index is 5.20. The highest BCUT2D eigenvalue weighted by molar-refractivity contribution is 4.79. The van der Waals surface area contributed by atoms with Gasteiger partial charge in [0.05, 0.1) is 6.61 Å². The first-order valence-electron chi connectivity index (χ1n) is 6.22. The molecule has 0 aliphatic carbocycles. The quantitative estimate of drug-likeness (QED) is 0.706. The van der Waals surface area contributed by atoms with Crippen molar-refractivity contribution in [3.05, 3.63) is 0 Å². The summed E-state index contributed by atoms with van der Waals surface area (Å²) in [4.78, 5) is 4.89. The molecule has 16 heavy (non-hydrogen) atoms. The van der Waals surface area contributed by atoms with Gasteiger partial charge in [0.15, 0.2) is 0 Å². The lowest BCUT2D eigenvalue weighted by Crippen LogP contribution is -2.48. The number of hydrogen-bond acceptors (Lipinski definition) is 4. The SMILES string of the molecule is CNC(COC)CN(C)C1CCN(C)CC1. The molecule has 0 amide bonds. The number of nitrogens with zero attached hydrogens (tertiary/aromatic N) is 2. The summed E-state index contributed by atoms with van der Waals surface area (Å²) in [7, 11) is 8.21. The first-order valence-corrected chi connectivity index (χ1v) is 6.22. The zero-order valence-corrected chi connectivity index (χ0v) is 11.2. The normalized spacial score (nSPS) is 21.6. The Morgan fingerprint density at radius 2 is 2.06 bits per heavy atom. The predicted octanol–water partition coefficient (Wildman–Crippen LogP) is 0.247. The van der Waals surface area contributed by atoms with E-state index in [2.05, 4.69) is 29.2 Å². The zero-order valence-electron chi connectivity index (χ0n) is 11.2. The van der Waals surface area contributed by atoms with Crippen molar-refractivity contribution in [2.24, 2.45) is 0 Å². The van der Waals surface area contributed by atoms with Gasteiger partial charge in [-0.2, -0.15) is 0 Å². The molecule has 1 N–H and O–H groups in total. The number of likely N-dealkylation sites (tertiary alicyclic amines) is 1. The number of nitrogens with one attached hydrogen (secondary N) is 1. The van der Waals surface area contributed by atoms with Gasteiger partial charge in [0.2, 0.25) is 0 Å². The summed E-state index contributed by atoms with van der Waals surface area (Å²) in [6, 6.07) is 1.18. The molecule has 0 bridgehead atoms. The summed E-state index contributed by atoms with van der Waals surface area (Å²) in [6.45, 7) is 4.30. The average Bonchev–Trinajstić information content (AvgIpc) is 2.29. The molecule has 1 aliphatic rings. The highest BCUT2D eigenvalue weighted by atomic mass is 16.5. The van der Waals surface area contributed by atoms with Gasteiger partial charge >= 0.3 is 0 Å². The summed E-state index contributed by atoms with van der Waals surface area (Å²) in [5.41, 5.74) is 0. The van der Waals surface area contributed by atoms with Crippen LogP contribution in [0.1, 0.15) is 12.8 Å². The molecule has 0 aromatic heterocycles.